The number of aliphatic hydroxyl groups is 1. The Kier molecular flexibility index (Phi) is 4.83. The van der Waals surface area contributed by atoms with Crippen LogP contribution in [0.2, 0.25) is 0 Å². The fourth-order valence-corrected chi connectivity index (χ4v) is 3.27. The molecule has 0 amide bonds. The van der Waals surface area contributed by atoms with Gasteiger partial charge in [-0.3, -0.25) is 4.68 Å². The Morgan fingerprint density at radius 2 is 1.91 bits per heavy atom. The highest BCUT2D eigenvalue weighted by Gasteiger charge is 2.32. The molecule has 23 heavy (non-hydrogen) atoms. The highest BCUT2D eigenvalue weighted by atomic mass is 16.3. The van der Waals surface area contributed by atoms with Crippen LogP contribution < -0.4 is 5.32 Å². The van der Waals surface area contributed by atoms with Gasteiger partial charge in [0.15, 0.2) is 0 Å². The lowest BCUT2D eigenvalue weighted by Crippen LogP contribution is -2.23. The third kappa shape index (κ3) is 3.65. The third-order valence-corrected chi connectivity index (χ3v) is 4.87. The molecule has 4 nitrogen and oxygen atoms in total. The summed E-state index contributed by atoms with van der Waals surface area (Å²) in [6.45, 7) is 7.80. The SMILES string of the molecule is Cc1ccc(C(NCc2c(C)nn(CCO)c2C)C2CC2)cc1. The monoisotopic (exact) mass is 313 g/mol. The summed E-state index contributed by atoms with van der Waals surface area (Å²) in [7, 11) is 0. The second-order valence-electron chi connectivity index (χ2n) is 6.70. The maximum Gasteiger partial charge on any atom is 0.0644 e. The minimum atomic E-state index is 0.128. The zero-order chi connectivity index (χ0) is 16.4. The van der Waals surface area contributed by atoms with Gasteiger partial charge in [-0.05, 0) is 45.1 Å². The molecule has 0 aliphatic heterocycles. The zero-order valence-corrected chi connectivity index (χ0v) is 14.3. The van der Waals surface area contributed by atoms with E-state index in [2.05, 4.69) is 55.5 Å². The molecule has 1 unspecified atom stereocenters. The maximum atomic E-state index is 9.14. The highest BCUT2D eigenvalue weighted by molar-refractivity contribution is 5.28. The molecule has 1 heterocycles. The molecule has 1 aromatic heterocycles. The van der Waals surface area contributed by atoms with E-state index in [0.717, 1.165) is 23.9 Å². The summed E-state index contributed by atoms with van der Waals surface area (Å²) in [5, 5.41) is 17.4. The quantitative estimate of drug-likeness (QED) is 0.826. The van der Waals surface area contributed by atoms with Crippen LogP contribution in [0.5, 0.6) is 0 Å². The summed E-state index contributed by atoms with van der Waals surface area (Å²) in [6.07, 6.45) is 2.63. The summed E-state index contributed by atoms with van der Waals surface area (Å²) >= 11 is 0. The number of hydrogen-bond donors (Lipinski definition) is 2. The van der Waals surface area contributed by atoms with E-state index in [9.17, 15) is 0 Å². The van der Waals surface area contributed by atoms with Crippen LogP contribution >= 0.6 is 0 Å². The van der Waals surface area contributed by atoms with Gasteiger partial charge in [0.2, 0.25) is 0 Å². The Morgan fingerprint density at radius 3 is 2.52 bits per heavy atom. The Bertz CT molecular complexity index is 656. The van der Waals surface area contributed by atoms with Gasteiger partial charge in [0.25, 0.3) is 0 Å². The Hall–Kier alpha value is -1.65. The van der Waals surface area contributed by atoms with Gasteiger partial charge in [0.1, 0.15) is 0 Å². The topological polar surface area (TPSA) is 50.1 Å². The van der Waals surface area contributed by atoms with E-state index in [-0.39, 0.29) is 6.61 Å². The van der Waals surface area contributed by atoms with Crippen LogP contribution in [0, 0.1) is 26.7 Å². The predicted octanol–water partition coefficient (Wildman–Crippen LogP) is 3.04. The molecule has 2 aromatic rings. The van der Waals surface area contributed by atoms with E-state index >= 15 is 0 Å². The molecule has 4 heteroatoms. The Labute approximate surface area is 138 Å². The van der Waals surface area contributed by atoms with E-state index in [0.29, 0.717) is 12.6 Å². The molecule has 2 N–H and O–H groups in total. The molecule has 0 spiro atoms. The normalized spacial score (nSPS) is 15.8. The Morgan fingerprint density at radius 1 is 1.22 bits per heavy atom. The van der Waals surface area contributed by atoms with Crippen LogP contribution in [-0.2, 0) is 13.1 Å². The van der Waals surface area contributed by atoms with Crippen molar-refractivity contribution in [3.05, 3.63) is 52.3 Å². The highest BCUT2D eigenvalue weighted by Crippen LogP contribution is 2.41. The van der Waals surface area contributed by atoms with E-state index < -0.39 is 0 Å². The summed E-state index contributed by atoms with van der Waals surface area (Å²) in [5.41, 5.74) is 6.16. The van der Waals surface area contributed by atoms with Crippen LogP contribution in [0.4, 0.5) is 0 Å². The first-order chi connectivity index (χ1) is 11.1. The van der Waals surface area contributed by atoms with Gasteiger partial charge in [-0.1, -0.05) is 29.8 Å². The van der Waals surface area contributed by atoms with Crippen molar-refractivity contribution in [3.63, 3.8) is 0 Å². The van der Waals surface area contributed by atoms with Crippen molar-refractivity contribution < 1.29 is 5.11 Å². The lowest BCUT2D eigenvalue weighted by Gasteiger charge is -2.19. The van der Waals surface area contributed by atoms with Crippen molar-refractivity contribution in [1.29, 1.82) is 0 Å². The molecule has 0 bridgehead atoms. The van der Waals surface area contributed by atoms with Gasteiger partial charge >= 0.3 is 0 Å². The first kappa shape index (κ1) is 16.2. The average Bonchev–Trinajstić information content (AvgIpc) is 3.32. The molecule has 124 valence electrons. The van der Waals surface area contributed by atoms with Crippen molar-refractivity contribution in [3.8, 4) is 0 Å². The Balaban J connectivity index is 1.74. The number of hydrogen-bond acceptors (Lipinski definition) is 3. The molecule has 1 fully saturated rings. The lowest BCUT2D eigenvalue weighted by molar-refractivity contribution is 0.267. The fraction of sp³-hybridized carbons (Fsp3) is 0.526. The molecular weight excluding hydrogens is 286 g/mol. The summed E-state index contributed by atoms with van der Waals surface area (Å²) in [4.78, 5) is 0. The minimum Gasteiger partial charge on any atom is -0.394 e. The molecule has 1 saturated carbocycles. The van der Waals surface area contributed by atoms with E-state index in [1.807, 2.05) is 4.68 Å². The van der Waals surface area contributed by atoms with Crippen LogP contribution in [0.25, 0.3) is 0 Å². The number of aromatic nitrogens is 2. The molecule has 1 aliphatic carbocycles. The van der Waals surface area contributed by atoms with Gasteiger partial charge in [-0.15, -0.1) is 0 Å². The lowest BCUT2D eigenvalue weighted by atomic mass is 10.0. The van der Waals surface area contributed by atoms with Gasteiger partial charge < -0.3 is 10.4 Å². The van der Waals surface area contributed by atoms with Gasteiger partial charge in [0.05, 0.1) is 18.8 Å². The molecular formula is C19H27N3O. The second kappa shape index (κ2) is 6.85. The summed E-state index contributed by atoms with van der Waals surface area (Å²) < 4.78 is 1.91. The number of rotatable bonds is 7. The molecule has 0 saturated heterocycles. The van der Waals surface area contributed by atoms with Crippen LogP contribution in [0.1, 0.15) is 47.0 Å². The molecule has 1 atom stereocenters. The number of aliphatic hydroxyl groups excluding tert-OH is 1. The molecule has 1 aromatic carbocycles. The molecule has 1 aliphatic rings. The second-order valence-corrected chi connectivity index (χ2v) is 6.70. The van der Waals surface area contributed by atoms with Crippen molar-refractivity contribution in [1.82, 2.24) is 15.1 Å². The standard InChI is InChI=1S/C19H27N3O/c1-13-4-6-16(7-5-13)19(17-8-9-17)20-12-18-14(2)21-22(10-11-23)15(18)3/h4-7,17,19-20,23H,8-12H2,1-3H3. The van der Waals surface area contributed by atoms with Crippen LogP contribution in [0.15, 0.2) is 24.3 Å². The molecule has 0 radical (unpaired) electrons. The molecule has 3 rings (SSSR count). The fourth-order valence-electron chi connectivity index (χ4n) is 3.27. The predicted molar refractivity (Wildman–Crippen MR) is 92.3 cm³/mol. The third-order valence-electron chi connectivity index (χ3n) is 4.87. The van der Waals surface area contributed by atoms with Crippen LogP contribution in [-0.4, -0.2) is 21.5 Å². The number of nitrogens with zero attached hydrogens (tertiary/aromatic N) is 2. The minimum absolute atomic E-state index is 0.128. The van der Waals surface area contributed by atoms with Gasteiger partial charge in [-0.2, -0.15) is 5.10 Å². The van der Waals surface area contributed by atoms with E-state index in [4.69, 9.17) is 5.11 Å². The average molecular weight is 313 g/mol. The number of nitrogens with one attached hydrogen (secondary N) is 1. The number of aryl methyl sites for hydroxylation is 2. The van der Waals surface area contributed by atoms with Crippen molar-refractivity contribution in [2.45, 2.75) is 52.7 Å². The zero-order valence-electron chi connectivity index (χ0n) is 14.3. The maximum absolute atomic E-state index is 9.14. The first-order valence-electron chi connectivity index (χ1n) is 8.54. The summed E-state index contributed by atoms with van der Waals surface area (Å²) in [5.74, 6) is 0.755. The van der Waals surface area contributed by atoms with E-state index in [1.165, 1.54) is 29.5 Å². The smallest absolute Gasteiger partial charge is 0.0644 e. The van der Waals surface area contributed by atoms with Crippen LogP contribution in [0.3, 0.4) is 0 Å². The van der Waals surface area contributed by atoms with Crippen molar-refractivity contribution in [2.75, 3.05) is 6.61 Å². The van der Waals surface area contributed by atoms with Crippen molar-refractivity contribution >= 4 is 0 Å². The number of benzene rings is 1. The van der Waals surface area contributed by atoms with Crippen molar-refractivity contribution in [2.24, 2.45) is 5.92 Å². The van der Waals surface area contributed by atoms with E-state index in [1.54, 1.807) is 0 Å². The summed E-state index contributed by atoms with van der Waals surface area (Å²) in [6, 6.07) is 9.32. The largest absolute Gasteiger partial charge is 0.394 e. The van der Waals surface area contributed by atoms with Gasteiger partial charge in [0, 0.05) is 23.8 Å². The first-order valence-corrected chi connectivity index (χ1v) is 8.54. The van der Waals surface area contributed by atoms with Gasteiger partial charge in [-0.25, -0.2) is 0 Å².